The maximum Gasteiger partial charge on any atom is 0.224 e. The first-order valence-electron chi connectivity index (χ1n) is 9.53. The number of nitrogens with one attached hydrogen (secondary N) is 1. The molecule has 1 fully saturated rings. The summed E-state index contributed by atoms with van der Waals surface area (Å²) in [5, 5.41) is 3.91. The molecule has 1 aliphatic heterocycles. The van der Waals surface area contributed by atoms with Crippen molar-refractivity contribution in [2.24, 2.45) is 0 Å². The molecule has 138 valence electrons. The van der Waals surface area contributed by atoms with Crippen LogP contribution in [0.5, 0.6) is 0 Å². The molecular formula is C22H27ClN2O. The van der Waals surface area contributed by atoms with Gasteiger partial charge in [0.05, 0.1) is 12.5 Å². The van der Waals surface area contributed by atoms with Crippen LogP contribution in [0, 0.1) is 0 Å². The fourth-order valence-corrected chi connectivity index (χ4v) is 3.90. The fraction of sp³-hybridized carbons (Fsp3) is 0.409. The molecule has 4 heteroatoms. The highest BCUT2D eigenvalue weighted by Crippen LogP contribution is 2.29. The zero-order chi connectivity index (χ0) is 18.2. The number of amides is 1. The van der Waals surface area contributed by atoms with Gasteiger partial charge in [0.2, 0.25) is 5.91 Å². The lowest BCUT2D eigenvalue weighted by atomic mass is 10.0. The first-order valence-corrected chi connectivity index (χ1v) is 9.91. The molecule has 1 amide bonds. The zero-order valence-electron chi connectivity index (χ0n) is 15.2. The highest BCUT2D eigenvalue weighted by molar-refractivity contribution is 6.31. The number of hydrogen-bond acceptors (Lipinski definition) is 2. The van der Waals surface area contributed by atoms with Crippen molar-refractivity contribution >= 4 is 17.5 Å². The van der Waals surface area contributed by atoms with Crippen LogP contribution in [0.25, 0.3) is 0 Å². The monoisotopic (exact) mass is 370 g/mol. The summed E-state index contributed by atoms with van der Waals surface area (Å²) in [6.07, 6.45) is 5.39. The van der Waals surface area contributed by atoms with E-state index in [-0.39, 0.29) is 11.9 Å². The number of nitrogens with zero attached hydrogens (tertiary/aromatic N) is 1. The third kappa shape index (κ3) is 5.33. The Hall–Kier alpha value is -1.84. The van der Waals surface area contributed by atoms with Crippen molar-refractivity contribution in [1.82, 2.24) is 10.2 Å². The van der Waals surface area contributed by atoms with Crippen LogP contribution in [-0.4, -0.2) is 30.4 Å². The van der Waals surface area contributed by atoms with Gasteiger partial charge in [-0.3, -0.25) is 9.69 Å². The Morgan fingerprint density at radius 1 is 0.962 bits per heavy atom. The average Bonchev–Trinajstić information content (AvgIpc) is 2.93. The van der Waals surface area contributed by atoms with E-state index in [0.29, 0.717) is 13.0 Å². The molecule has 0 radical (unpaired) electrons. The Kier molecular flexibility index (Phi) is 7.10. The molecule has 1 atom stereocenters. The summed E-state index contributed by atoms with van der Waals surface area (Å²) in [6.45, 7) is 2.71. The number of benzene rings is 2. The number of halogens is 1. The van der Waals surface area contributed by atoms with E-state index in [2.05, 4.69) is 16.3 Å². The Morgan fingerprint density at radius 2 is 1.62 bits per heavy atom. The predicted octanol–water partition coefficient (Wildman–Crippen LogP) is 4.62. The summed E-state index contributed by atoms with van der Waals surface area (Å²) in [5.41, 5.74) is 2.14. The van der Waals surface area contributed by atoms with E-state index in [1.807, 2.05) is 48.5 Å². The third-order valence-corrected chi connectivity index (χ3v) is 5.39. The first kappa shape index (κ1) is 18.9. The van der Waals surface area contributed by atoms with Crippen LogP contribution in [-0.2, 0) is 11.2 Å². The van der Waals surface area contributed by atoms with Gasteiger partial charge in [-0.1, -0.05) is 73.0 Å². The van der Waals surface area contributed by atoms with Crippen LogP contribution in [0.15, 0.2) is 54.6 Å². The number of rotatable bonds is 6. The van der Waals surface area contributed by atoms with Gasteiger partial charge in [-0.25, -0.2) is 0 Å². The molecule has 2 aromatic rings. The Labute approximate surface area is 161 Å². The molecule has 0 bridgehead atoms. The van der Waals surface area contributed by atoms with Crippen molar-refractivity contribution in [3.63, 3.8) is 0 Å². The fourth-order valence-electron chi connectivity index (χ4n) is 3.64. The molecular weight excluding hydrogens is 344 g/mol. The zero-order valence-corrected chi connectivity index (χ0v) is 15.9. The van der Waals surface area contributed by atoms with Crippen LogP contribution in [0.4, 0.5) is 0 Å². The number of carbonyl (C=O) groups is 1. The van der Waals surface area contributed by atoms with Crippen molar-refractivity contribution in [3.8, 4) is 0 Å². The lowest BCUT2D eigenvalue weighted by Gasteiger charge is -2.31. The summed E-state index contributed by atoms with van der Waals surface area (Å²) >= 11 is 6.48. The van der Waals surface area contributed by atoms with Gasteiger partial charge in [0.15, 0.2) is 0 Å². The molecule has 26 heavy (non-hydrogen) atoms. The first-order chi connectivity index (χ1) is 12.7. The van der Waals surface area contributed by atoms with E-state index in [4.69, 9.17) is 11.6 Å². The van der Waals surface area contributed by atoms with Crippen molar-refractivity contribution in [2.45, 2.75) is 38.1 Å². The van der Waals surface area contributed by atoms with Crippen LogP contribution in [0.2, 0.25) is 5.02 Å². The van der Waals surface area contributed by atoms with E-state index < -0.39 is 0 Å². The highest BCUT2D eigenvalue weighted by Gasteiger charge is 2.23. The maximum absolute atomic E-state index is 12.4. The number of hydrogen-bond donors (Lipinski definition) is 1. The quantitative estimate of drug-likeness (QED) is 0.804. The molecule has 0 unspecified atom stereocenters. The van der Waals surface area contributed by atoms with Crippen LogP contribution in [0.1, 0.15) is 42.9 Å². The molecule has 3 rings (SSSR count). The minimum atomic E-state index is 0.0584. The topological polar surface area (TPSA) is 32.3 Å². The van der Waals surface area contributed by atoms with Crippen molar-refractivity contribution < 1.29 is 4.79 Å². The van der Waals surface area contributed by atoms with E-state index >= 15 is 0 Å². The molecule has 1 heterocycles. The van der Waals surface area contributed by atoms with Gasteiger partial charge in [-0.2, -0.15) is 0 Å². The average molecular weight is 371 g/mol. The van der Waals surface area contributed by atoms with Crippen LogP contribution in [0.3, 0.4) is 0 Å². The Balaban J connectivity index is 1.69. The number of carbonyl (C=O) groups excluding carboxylic acids is 1. The second-order valence-corrected chi connectivity index (χ2v) is 7.36. The summed E-state index contributed by atoms with van der Waals surface area (Å²) in [7, 11) is 0. The summed E-state index contributed by atoms with van der Waals surface area (Å²) in [5.74, 6) is 0.0584. The normalized spacial score (nSPS) is 16.7. The molecule has 1 saturated heterocycles. The van der Waals surface area contributed by atoms with Gasteiger partial charge in [0.25, 0.3) is 0 Å². The highest BCUT2D eigenvalue weighted by atomic mass is 35.5. The van der Waals surface area contributed by atoms with E-state index in [1.165, 1.54) is 25.7 Å². The minimum absolute atomic E-state index is 0.0584. The van der Waals surface area contributed by atoms with Gasteiger partial charge in [0, 0.05) is 11.6 Å². The van der Waals surface area contributed by atoms with Crippen molar-refractivity contribution in [3.05, 3.63) is 70.7 Å². The Bertz CT molecular complexity index is 696. The smallest absolute Gasteiger partial charge is 0.224 e. The summed E-state index contributed by atoms with van der Waals surface area (Å²) < 4.78 is 0. The molecule has 0 saturated carbocycles. The molecule has 0 aliphatic carbocycles. The van der Waals surface area contributed by atoms with Crippen LogP contribution < -0.4 is 5.32 Å². The summed E-state index contributed by atoms with van der Waals surface area (Å²) in [6, 6.07) is 18.0. The van der Waals surface area contributed by atoms with E-state index in [9.17, 15) is 4.79 Å². The largest absolute Gasteiger partial charge is 0.354 e. The SMILES string of the molecule is O=C(Cc1ccccc1)NC[C@@H](c1ccccc1Cl)N1CCCCCC1. The third-order valence-electron chi connectivity index (χ3n) is 5.05. The van der Waals surface area contributed by atoms with Gasteiger partial charge in [0.1, 0.15) is 0 Å². The second-order valence-electron chi connectivity index (χ2n) is 6.95. The molecule has 1 aliphatic rings. The standard InChI is InChI=1S/C22H27ClN2O/c23-20-13-7-6-12-19(20)21(25-14-8-1-2-9-15-25)17-24-22(26)16-18-10-4-3-5-11-18/h3-7,10-13,21H,1-2,8-9,14-17H2,(H,24,26)/t21-/m0/s1. The molecule has 2 aromatic carbocycles. The van der Waals surface area contributed by atoms with Crippen molar-refractivity contribution in [2.75, 3.05) is 19.6 Å². The Morgan fingerprint density at radius 3 is 2.31 bits per heavy atom. The molecule has 3 nitrogen and oxygen atoms in total. The van der Waals surface area contributed by atoms with Gasteiger partial charge in [-0.05, 0) is 43.1 Å². The lowest BCUT2D eigenvalue weighted by Crippen LogP contribution is -2.39. The van der Waals surface area contributed by atoms with E-state index in [1.54, 1.807) is 0 Å². The van der Waals surface area contributed by atoms with E-state index in [0.717, 1.165) is 29.2 Å². The minimum Gasteiger partial charge on any atom is -0.354 e. The molecule has 1 N–H and O–H groups in total. The van der Waals surface area contributed by atoms with Gasteiger partial charge < -0.3 is 5.32 Å². The number of likely N-dealkylation sites (tertiary alicyclic amines) is 1. The second kappa shape index (κ2) is 9.75. The van der Waals surface area contributed by atoms with Gasteiger partial charge in [-0.15, -0.1) is 0 Å². The van der Waals surface area contributed by atoms with Gasteiger partial charge >= 0.3 is 0 Å². The molecule has 0 spiro atoms. The molecule has 0 aromatic heterocycles. The predicted molar refractivity (Wildman–Crippen MR) is 107 cm³/mol. The summed E-state index contributed by atoms with van der Waals surface area (Å²) in [4.78, 5) is 14.9. The maximum atomic E-state index is 12.4. The lowest BCUT2D eigenvalue weighted by molar-refractivity contribution is -0.120. The van der Waals surface area contributed by atoms with Crippen LogP contribution >= 0.6 is 11.6 Å². The van der Waals surface area contributed by atoms with Crippen molar-refractivity contribution in [1.29, 1.82) is 0 Å².